The Labute approximate surface area is 94.3 Å². The summed E-state index contributed by atoms with van der Waals surface area (Å²) in [7, 11) is 1.71. The number of rotatable bonds is 6. The molecule has 1 N–H and O–H groups in total. The molecule has 6 nitrogen and oxygen atoms in total. The van der Waals surface area contributed by atoms with Crippen molar-refractivity contribution in [3.8, 4) is 0 Å². The van der Waals surface area contributed by atoms with Crippen molar-refractivity contribution < 1.29 is 14.0 Å². The second-order valence-corrected chi connectivity index (χ2v) is 3.76. The Morgan fingerprint density at radius 2 is 2.50 bits per heavy atom. The molecule has 0 bridgehead atoms. The number of hydrogen-bond acceptors (Lipinski definition) is 6. The van der Waals surface area contributed by atoms with Gasteiger partial charge in [-0.1, -0.05) is 5.16 Å². The number of hydrogen-bond donors (Lipinski definition) is 1. The van der Waals surface area contributed by atoms with E-state index < -0.39 is 0 Å². The first-order chi connectivity index (χ1) is 7.85. The zero-order valence-corrected chi connectivity index (χ0v) is 9.55. The Kier molecular flexibility index (Phi) is 3.87. The maximum Gasteiger partial charge on any atom is 0.213 e. The Morgan fingerprint density at radius 3 is 3.12 bits per heavy atom. The maximum absolute atomic E-state index is 5.53. The summed E-state index contributed by atoms with van der Waals surface area (Å²) >= 11 is 0. The van der Waals surface area contributed by atoms with Crippen LogP contribution in [0.3, 0.4) is 0 Å². The number of ether oxygens (including phenoxy) is 2. The first-order valence-corrected chi connectivity index (χ1v) is 5.48. The molecule has 0 saturated heterocycles. The van der Waals surface area contributed by atoms with Crippen molar-refractivity contribution in [2.45, 2.75) is 38.1 Å². The van der Waals surface area contributed by atoms with Gasteiger partial charge in [-0.05, 0) is 13.3 Å². The highest BCUT2D eigenvalue weighted by molar-refractivity contribution is 4.97. The molecule has 0 spiro atoms. The van der Waals surface area contributed by atoms with Gasteiger partial charge in [0.25, 0.3) is 0 Å². The molecule has 1 heterocycles. The van der Waals surface area contributed by atoms with Crippen LogP contribution in [-0.4, -0.2) is 42.1 Å². The van der Waals surface area contributed by atoms with Crippen LogP contribution in [0.4, 0.5) is 0 Å². The van der Waals surface area contributed by atoms with Crippen LogP contribution in [0.1, 0.15) is 19.2 Å². The van der Waals surface area contributed by atoms with Crippen molar-refractivity contribution in [1.82, 2.24) is 15.5 Å². The molecule has 1 aliphatic carbocycles. The highest BCUT2D eigenvalue weighted by Crippen LogP contribution is 2.26. The third-order valence-electron chi connectivity index (χ3n) is 2.83. The van der Waals surface area contributed by atoms with E-state index in [2.05, 4.69) is 20.0 Å². The van der Waals surface area contributed by atoms with Crippen LogP contribution in [0, 0.1) is 0 Å². The summed E-state index contributed by atoms with van der Waals surface area (Å²) in [6.45, 7) is 3.31. The summed E-state index contributed by atoms with van der Waals surface area (Å²) in [6.07, 6.45) is 2.61. The minimum atomic E-state index is 0.117. The molecular weight excluding hydrogens is 210 g/mol. The Balaban J connectivity index is 1.75. The third kappa shape index (κ3) is 2.40. The van der Waals surface area contributed by atoms with Crippen LogP contribution in [0.5, 0.6) is 0 Å². The molecule has 1 aromatic rings. The normalized spacial score (nSPS) is 29.0. The maximum atomic E-state index is 5.53. The highest BCUT2D eigenvalue weighted by Gasteiger charge is 2.41. The molecule has 0 amide bonds. The average Bonchev–Trinajstić information content (AvgIpc) is 2.75. The molecule has 1 saturated carbocycles. The van der Waals surface area contributed by atoms with E-state index in [1.807, 2.05) is 6.92 Å². The van der Waals surface area contributed by atoms with Gasteiger partial charge in [0, 0.05) is 19.8 Å². The summed E-state index contributed by atoms with van der Waals surface area (Å²) in [5.41, 5.74) is 0. The van der Waals surface area contributed by atoms with Crippen LogP contribution in [0.15, 0.2) is 10.9 Å². The predicted octanol–water partition coefficient (Wildman–Crippen LogP) is 0.352. The van der Waals surface area contributed by atoms with Crippen LogP contribution < -0.4 is 5.32 Å². The van der Waals surface area contributed by atoms with Gasteiger partial charge >= 0.3 is 0 Å². The summed E-state index contributed by atoms with van der Waals surface area (Å²) in [5, 5.41) is 7.05. The molecule has 3 unspecified atom stereocenters. The lowest BCUT2D eigenvalue weighted by Gasteiger charge is -2.43. The molecule has 0 radical (unpaired) electrons. The van der Waals surface area contributed by atoms with Gasteiger partial charge < -0.3 is 19.3 Å². The number of nitrogens with zero attached hydrogens (tertiary/aromatic N) is 2. The topological polar surface area (TPSA) is 69.4 Å². The molecule has 90 valence electrons. The zero-order chi connectivity index (χ0) is 11.4. The van der Waals surface area contributed by atoms with Gasteiger partial charge in [0.1, 0.15) is 0 Å². The second kappa shape index (κ2) is 5.38. The molecular formula is C10H17N3O3. The molecule has 0 aliphatic heterocycles. The third-order valence-corrected chi connectivity index (χ3v) is 2.83. The van der Waals surface area contributed by atoms with Crippen molar-refractivity contribution >= 4 is 0 Å². The van der Waals surface area contributed by atoms with E-state index in [4.69, 9.17) is 9.47 Å². The second-order valence-electron chi connectivity index (χ2n) is 3.76. The first kappa shape index (κ1) is 11.5. The van der Waals surface area contributed by atoms with E-state index in [9.17, 15) is 0 Å². The van der Waals surface area contributed by atoms with Gasteiger partial charge in [-0.25, -0.2) is 0 Å². The largest absolute Gasteiger partial charge is 0.377 e. The van der Waals surface area contributed by atoms with E-state index in [-0.39, 0.29) is 12.2 Å². The quantitative estimate of drug-likeness (QED) is 0.756. The monoisotopic (exact) mass is 227 g/mol. The van der Waals surface area contributed by atoms with Crippen LogP contribution in [0.25, 0.3) is 0 Å². The first-order valence-electron chi connectivity index (χ1n) is 5.48. The highest BCUT2D eigenvalue weighted by atomic mass is 16.5. The molecule has 6 heteroatoms. The van der Waals surface area contributed by atoms with E-state index >= 15 is 0 Å². The van der Waals surface area contributed by atoms with E-state index in [0.29, 0.717) is 18.4 Å². The number of methoxy groups -OCH3 is 1. The average molecular weight is 227 g/mol. The van der Waals surface area contributed by atoms with Gasteiger partial charge in [0.2, 0.25) is 6.39 Å². The molecule has 1 fully saturated rings. The lowest BCUT2D eigenvalue weighted by Crippen LogP contribution is -2.59. The van der Waals surface area contributed by atoms with Crippen molar-refractivity contribution in [1.29, 1.82) is 0 Å². The fourth-order valence-corrected chi connectivity index (χ4v) is 1.97. The zero-order valence-electron chi connectivity index (χ0n) is 9.55. The molecule has 0 aromatic carbocycles. The summed E-state index contributed by atoms with van der Waals surface area (Å²) in [5.74, 6) is 0.662. The van der Waals surface area contributed by atoms with Crippen molar-refractivity contribution in [2.24, 2.45) is 0 Å². The van der Waals surface area contributed by atoms with Crippen molar-refractivity contribution in [3.63, 3.8) is 0 Å². The number of aromatic nitrogens is 2. The van der Waals surface area contributed by atoms with E-state index in [1.54, 1.807) is 7.11 Å². The minimum Gasteiger partial charge on any atom is -0.377 e. The molecule has 1 aliphatic rings. The van der Waals surface area contributed by atoms with Gasteiger partial charge in [0.05, 0.1) is 18.8 Å². The predicted molar refractivity (Wildman–Crippen MR) is 55.8 cm³/mol. The van der Waals surface area contributed by atoms with Gasteiger partial charge in [-0.15, -0.1) is 0 Å². The van der Waals surface area contributed by atoms with Crippen LogP contribution in [-0.2, 0) is 16.0 Å². The van der Waals surface area contributed by atoms with Gasteiger partial charge in [-0.3, -0.25) is 0 Å². The van der Waals surface area contributed by atoms with E-state index in [1.165, 1.54) is 6.39 Å². The Hall–Kier alpha value is -0.980. The smallest absolute Gasteiger partial charge is 0.213 e. The minimum absolute atomic E-state index is 0.117. The van der Waals surface area contributed by atoms with Gasteiger partial charge in [-0.2, -0.15) is 4.98 Å². The SMILES string of the molecule is CCOC1CC(NCc2ncon2)C1OC. The molecule has 16 heavy (non-hydrogen) atoms. The molecule has 1 aromatic heterocycles. The standard InChI is InChI=1S/C10H17N3O3/c1-3-15-8-4-7(10(8)14-2)11-5-9-12-6-16-13-9/h6-8,10-11H,3-5H2,1-2H3. The van der Waals surface area contributed by atoms with Crippen LogP contribution in [0.2, 0.25) is 0 Å². The van der Waals surface area contributed by atoms with E-state index in [0.717, 1.165) is 13.0 Å². The Bertz CT molecular complexity index is 304. The fraction of sp³-hybridized carbons (Fsp3) is 0.800. The van der Waals surface area contributed by atoms with Crippen molar-refractivity contribution in [3.05, 3.63) is 12.2 Å². The Morgan fingerprint density at radius 1 is 1.62 bits per heavy atom. The van der Waals surface area contributed by atoms with Crippen molar-refractivity contribution in [2.75, 3.05) is 13.7 Å². The lowest BCUT2D eigenvalue weighted by atomic mass is 9.85. The van der Waals surface area contributed by atoms with Gasteiger partial charge in [0.15, 0.2) is 5.82 Å². The number of nitrogens with one attached hydrogen (secondary N) is 1. The van der Waals surface area contributed by atoms with Crippen LogP contribution >= 0.6 is 0 Å². The summed E-state index contributed by atoms with van der Waals surface area (Å²) in [4.78, 5) is 3.94. The molecule has 2 rings (SSSR count). The molecule has 3 atom stereocenters. The summed E-state index contributed by atoms with van der Waals surface area (Å²) in [6, 6.07) is 0.306. The lowest BCUT2D eigenvalue weighted by molar-refractivity contribution is -0.131. The summed E-state index contributed by atoms with van der Waals surface area (Å²) < 4.78 is 15.6. The fourth-order valence-electron chi connectivity index (χ4n) is 1.97.